The molecule has 0 heterocycles. The van der Waals surface area contributed by atoms with E-state index in [2.05, 4.69) is 19.2 Å². The lowest BCUT2D eigenvalue weighted by Crippen LogP contribution is -2.37. The van der Waals surface area contributed by atoms with E-state index in [4.69, 9.17) is 17.3 Å². The maximum atomic E-state index is 12.2. The first-order valence-corrected chi connectivity index (χ1v) is 7.26. The van der Waals surface area contributed by atoms with Crippen molar-refractivity contribution in [2.24, 2.45) is 11.7 Å². The number of rotatable bonds is 7. The molecule has 106 valence electrons. The molecule has 0 spiro atoms. The zero-order valence-corrected chi connectivity index (χ0v) is 12.4. The van der Waals surface area contributed by atoms with Crippen LogP contribution in [0.4, 0.5) is 0 Å². The van der Waals surface area contributed by atoms with Crippen LogP contribution >= 0.6 is 11.6 Å². The van der Waals surface area contributed by atoms with Gasteiger partial charge in [0, 0.05) is 11.6 Å². The Balaban J connectivity index is 2.70. The van der Waals surface area contributed by atoms with Crippen LogP contribution in [-0.4, -0.2) is 12.5 Å². The van der Waals surface area contributed by atoms with Crippen LogP contribution in [-0.2, 0) is 4.79 Å². The fourth-order valence-corrected chi connectivity index (χ4v) is 2.24. The number of carbonyl (C=O) groups is 1. The lowest BCUT2D eigenvalue weighted by atomic mass is 10.00. The van der Waals surface area contributed by atoms with E-state index in [1.807, 2.05) is 24.3 Å². The number of amides is 1. The van der Waals surface area contributed by atoms with Crippen LogP contribution in [0.15, 0.2) is 24.3 Å². The molecule has 0 saturated heterocycles. The van der Waals surface area contributed by atoms with Gasteiger partial charge < -0.3 is 11.1 Å². The van der Waals surface area contributed by atoms with E-state index in [9.17, 15) is 4.79 Å². The maximum absolute atomic E-state index is 12.2. The van der Waals surface area contributed by atoms with E-state index >= 15 is 0 Å². The maximum Gasteiger partial charge on any atom is 0.224 e. The second-order valence-electron chi connectivity index (χ2n) is 4.74. The summed E-state index contributed by atoms with van der Waals surface area (Å²) in [5.41, 5.74) is 6.73. The monoisotopic (exact) mass is 282 g/mol. The molecule has 0 saturated carbocycles. The summed E-state index contributed by atoms with van der Waals surface area (Å²) in [4.78, 5) is 12.2. The third-order valence-electron chi connectivity index (χ3n) is 3.29. The Morgan fingerprint density at radius 2 is 1.95 bits per heavy atom. The van der Waals surface area contributed by atoms with Crippen molar-refractivity contribution in [3.8, 4) is 0 Å². The van der Waals surface area contributed by atoms with Crippen LogP contribution in [0.25, 0.3) is 0 Å². The Morgan fingerprint density at radius 3 is 2.42 bits per heavy atom. The predicted molar refractivity (Wildman–Crippen MR) is 80.1 cm³/mol. The average Bonchev–Trinajstić information content (AvgIpc) is 2.43. The van der Waals surface area contributed by atoms with Crippen molar-refractivity contribution in [3.05, 3.63) is 34.9 Å². The highest BCUT2D eigenvalue weighted by Gasteiger charge is 2.19. The first-order chi connectivity index (χ1) is 9.12. The van der Waals surface area contributed by atoms with Gasteiger partial charge in [0.2, 0.25) is 5.91 Å². The lowest BCUT2D eigenvalue weighted by molar-refractivity contribution is -0.125. The van der Waals surface area contributed by atoms with E-state index in [-0.39, 0.29) is 17.9 Å². The third-order valence-corrected chi connectivity index (χ3v) is 3.54. The Hall–Kier alpha value is -1.06. The highest BCUT2D eigenvalue weighted by atomic mass is 35.5. The number of hydrogen-bond acceptors (Lipinski definition) is 2. The van der Waals surface area contributed by atoms with E-state index in [1.165, 1.54) is 0 Å². The largest absolute Gasteiger partial charge is 0.349 e. The van der Waals surface area contributed by atoms with E-state index in [0.717, 1.165) is 24.8 Å². The molecule has 0 bridgehead atoms. The summed E-state index contributed by atoms with van der Waals surface area (Å²) in [6, 6.07) is 7.62. The molecule has 3 N–H and O–H groups in total. The molecule has 3 nitrogen and oxygen atoms in total. The van der Waals surface area contributed by atoms with Crippen LogP contribution in [0.5, 0.6) is 0 Å². The highest BCUT2D eigenvalue weighted by molar-refractivity contribution is 6.30. The number of benzene rings is 1. The van der Waals surface area contributed by atoms with Gasteiger partial charge in [0.15, 0.2) is 0 Å². The molecule has 1 aromatic carbocycles. The standard InChI is InChI=1S/C15H23ClN2O/c1-3-5-12(10-17)15(19)18-14(4-2)11-6-8-13(16)9-7-11/h6-9,12,14H,3-5,10,17H2,1-2H3,(H,18,19). The fourth-order valence-electron chi connectivity index (χ4n) is 2.11. The Bertz CT molecular complexity index is 392. The van der Waals surface area contributed by atoms with Crippen LogP contribution in [0.2, 0.25) is 5.02 Å². The van der Waals surface area contributed by atoms with Crippen molar-refractivity contribution in [1.29, 1.82) is 0 Å². The summed E-state index contributed by atoms with van der Waals surface area (Å²) < 4.78 is 0. The molecule has 0 radical (unpaired) electrons. The summed E-state index contributed by atoms with van der Waals surface area (Å²) in [7, 11) is 0. The molecule has 1 amide bonds. The summed E-state index contributed by atoms with van der Waals surface area (Å²) in [6.45, 7) is 4.51. The van der Waals surface area contributed by atoms with Gasteiger partial charge >= 0.3 is 0 Å². The minimum atomic E-state index is -0.0913. The Morgan fingerprint density at radius 1 is 1.32 bits per heavy atom. The summed E-state index contributed by atoms with van der Waals surface area (Å²) in [5.74, 6) is -0.0440. The SMILES string of the molecule is CCCC(CN)C(=O)NC(CC)c1ccc(Cl)cc1. The molecule has 2 atom stereocenters. The Labute approximate surface area is 120 Å². The van der Waals surface area contributed by atoms with Gasteiger partial charge in [-0.2, -0.15) is 0 Å². The molecule has 1 aromatic rings. The quantitative estimate of drug-likeness (QED) is 0.806. The molecule has 0 aromatic heterocycles. The van der Waals surface area contributed by atoms with Gasteiger partial charge in [-0.3, -0.25) is 4.79 Å². The summed E-state index contributed by atoms with van der Waals surface area (Å²) in [6.07, 6.45) is 2.64. The zero-order chi connectivity index (χ0) is 14.3. The minimum Gasteiger partial charge on any atom is -0.349 e. The first-order valence-electron chi connectivity index (χ1n) is 6.88. The molecule has 0 aliphatic rings. The fraction of sp³-hybridized carbons (Fsp3) is 0.533. The topological polar surface area (TPSA) is 55.1 Å². The minimum absolute atomic E-state index is 0.0238. The molecule has 0 aliphatic heterocycles. The number of nitrogens with one attached hydrogen (secondary N) is 1. The molecule has 4 heteroatoms. The van der Waals surface area contributed by atoms with Gasteiger partial charge in [-0.1, -0.05) is 44.0 Å². The second-order valence-corrected chi connectivity index (χ2v) is 5.18. The van der Waals surface area contributed by atoms with Crippen LogP contribution in [0.1, 0.15) is 44.7 Å². The molecular weight excluding hydrogens is 260 g/mol. The van der Waals surface area contributed by atoms with Crippen molar-refractivity contribution in [3.63, 3.8) is 0 Å². The van der Waals surface area contributed by atoms with E-state index in [0.29, 0.717) is 11.6 Å². The first kappa shape index (κ1) is 16.0. The Kier molecular flexibility index (Phi) is 6.89. The average molecular weight is 283 g/mol. The molecular formula is C15H23ClN2O. The van der Waals surface area contributed by atoms with Gasteiger partial charge in [-0.05, 0) is 30.5 Å². The van der Waals surface area contributed by atoms with Gasteiger partial charge in [-0.15, -0.1) is 0 Å². The van der Waals surface area contributed by atoms with Gasteiger partial charge in [0.05, 0.1) is 12.0 Å². The number of halogens is 1. The zero-order valence-electron chi connectivity index (χ0n) is 11.7. The summed E-state index contributed by atoms with van der Waals surface area (Å²) >= 11 is 5.88. The molecule has 0 fully saturated rings. The molecule has 1 rings (SSSR count). The van der Waals surface area contributed by atoms with E-state index in [1.54, 1.807) is 0 Å². The third kappa shape index (κ3) is 4.84. The van der Waals surface area contributed by atoms with Gasteiger partial charge in [-0.25, -0.2) is 0 Å². The number of hydrogen-bond donors (Lipinski definition) is 2. The lowest BCUT2D eigenvalue weighted by Gasteiger charge is -2.21. The van der Waals surface area contributed by atoms with Crippen molar-refractivity contribution < 1.29 is 4.79 Å². The molecule has 0 aliphatic carbocycles. The van der Waals surface area contributed by atoms with Crippen molar-refractivity contribution in [2.75, 3.05) is 6.54 Å². The van der Waals surface area contributed by atoms with Gasteiger partial charge in [0.1, 0.15) is 0 Å². The number of carbonyl (C=O) groups excluding carboxylic acids is 1. The van der Waals surface area contributed by atoms with Crippen LogP contribution in [0.3, 0.4) is 0 Å². The number of nitrogens with two attached hydrogens (primary N) is 1. The van der Waals surface area contributed by atoms with Crippen molar-refractivity contribution >= 4 is 17.5 Å². The normalized spacial score (nSPS) is 13.9. The smallest absolute Gasteiger partial charge is 0.224 e. The van der Waals surface area contributed by atoms with Crippen LogP contribution in [0, 0.1) is 5.92 Å². The van der Waals surface area contributed by atoms with Crippen LogP contribution < -0.4 is 11.1 Å². The predicted octanol–water partition coefficient (Wildman–Crippen LogP) is 3.28. The van der Waals surface area contributed by atoms with Crippen molar-refractivity contribution in [1.82, 2.24) is 5.32 Å². The summed E-state index contributed by atoms with van der Waals surface area (Å²) in [5, 5.41) is 3.78. The molecule has 2 unspecified atom stereocenters. The second kappa shape index (κ2) is 8.18. The highest BCUT2D eigenvalue weighted by Crippen LogP contribution is 2.20. The molecule has 19 heavy (non-hydrogen) atoms. The van der Waals surface area contributed by atoms with Crippen molar-refractivity contribution in [2.45, 2.75) is 39.2 Å². The van der Waals surface area contributed by atoms with Gasteiger partial charge in [0.25, 0.3) is 0 Å². The van der Waals surface area contributed by atoms with E-state index < -0.39 is 0 Å².